The van der Waals surface area contributed by atoms with Gasteiger partial charge in [0.15, 0.2) is 0 Å². The van der Waals surface area contributed by atoms with Gasteiger partial charge in [0.2, 0.25) is 0 Å². The van der Waals surface area contributed by atoms with Crippen molar-refractivity contribution in [3.05, 3.63) is 18.4 Å². The number of amides is 1. The number of rotatable bonds is 3. The maximum absolute atomic E-state index is 11.1. The lowest BCUT2D eigenvalue weighted by atomic mass is 9.61. The molecular formula is C12H17NO2. The van der Waals surface area contributed by atoms with E-state index >= 15 is 0 Å². The summed E-state index contributed by atoms with van der Waals surface area (Å²) in [4.78, 5) is 11.1. The lowest BCUT2D eigenvalue weighted by molar-refractivity contribution is -0.117. The van der Waals surface area contributed by atoms with Crippen molar-refractivity contribution in [3.8, 4) is 0 Å². The molecule has 15 heavy (non-hydrogen) atoms. The molecule has 0 aromatic heterocycles. The summed E-state index contributed by atoms with van der Waals surface area (Å²) in [5, 5.41) is 2.85. The first-order valence-corrected chi connectivity index (χ1v) is 5.45. The van der Waals surface area contributed by atoms with Gasteiger partial charge in [-0.05, 0) is 30.6 Å². The molecule has 0 unspecified atom stereocenters. The van der Waals surface area contributed by atoms with Crippen LogP contribution in [0.1, 0.15) is 19.3 Å². The van der Waals surface area contributed by atoms with Gasteiger partial charge in [0, 0.05) is 19.2 Å². The first kappa shape index (κ1) is 10.5. The quantitative estimate of drug-likeness (QED) is 0.559. The molecule has 1 saturated carbocycles. The maximum Gasteiger partial charge on any atom is 0.251 e. The van der Waals surface area contributed by atoms with E-state index in [0.717, 1.165) is 19.8 Å². The summed E-state index contributed by atoms with van der Waals surface area (Å²) in [6, 6.07) is 0. The average Bonchev–Trinajstić information content (AvgIpc) is 2.62. The Hall–Kier alpha value is -1.05. The van der Waals surface area contributed by atoms with Gasteiger partial charge in [0.1, 0.15) is 0 Å². The van der Waals surface area contributed by atoms with Crippen LogP contribution in [0.3, 0.4) is 0 Å². The molecule has 1 aliphatic carbocycles. The molecule has 2 fully saturated rings. The van der Waals surface area contributed by atoms with Gasteiger partial charge in [0.05, 0.1) is 6.61 Å². The van der Waals surface area contributed by atoms with E-state index in [2.05, 4.69) is 17.6 Å². The number of hydrogen-bond donors (Lipinski definition) is 1. The van der Waals surface area contributed by atoms with Crippen LogP contribution in [0.2, 0.25) is 0 Å². The Labute approximate surface area is 90.2 Å². The molecule has 2 aliphatic rings. The van der Waals surface area contributed by atoms with Crippen molar-refractivity contribution >= 4 is 5.91 Å². The van der Waals surface area contributed by atoms with E-state index in [1.54, 1.807) is 0 Å². The predicted molar refractivity (Wildman–Crippen MR) is 57.3 cm³/mol. The normalized spacial score (nSPS) is 33.2. The van der Waals surface area contributed by atoms with Crippen LogP contribution in [0, 0.1) is 11.3 Å². The maximum atomic E-state index is 11.1. The minimum Gasteiger partial charge on any atom is -0.381 e. The van der Waals surface area contributed by atoms with Crippen molar-refractivity contribution in [1.29, 1.82) is 0 Å². The minimum absolute atomic E-state index is 0.0892. The molecule has 3 nitrogen and oxygen atoms in total. The molecule has 1 saturated heterocycles. The van der Waals surface area contributed by atoms with Gasteiger partial charge in [-0.15, -0.1) is 5.73 Å². The molecule has 3 heteroatoms. The second kappa shape index (κ2) is 4.21. The van der Waals surface area contributed by atoms with Crippen LogP contribution in [-0.2, 0) is 9.53 Å². The number of ether oxygens (including phenoxy) is 1. The highest BCUT2D eigenvalue weighted by Gasteiger charge is 2.46. The molecule has 1 spiro atoms. The van der Waals surface area contributed by atoms with Gasteiger partial charge in [-0.2, -0.15) is 0 Å². The highest BCUT2D eigenvalue weighted by Crippen LogP contribution is 2.50. The van der Waals surface area contributed by atoms with Crippen LogP contribution in [-0.4, -0.2) is 25.7 Å². The summed E-state index contributed by atoms with van der Waals surface area (Å²) in [5.74, 6) is 0.544. The summed E-state index contributed by atoms with van der Waals surface area (Å²) in [5.41, 5.74) is 2.93. The Bertz CT molecular complexity index is 291. The summed E-state index contributed by atoms with van der Waals surface area (Å²) in [6.07, 6.45) is 4.94. The molecule has 2 rings (SSSR count). The number of nitrogens with one attached hydrogen (secondary N) is 1. The molecule has 82 valence electrons. The van der Waals surface area contributed by atoms with Crippen LogP contribution in [0.4, 0.5) is 0 Å². The number of carbonyl (C=O) groups excluding carboxylic acids is 1. The largest absolute Gasteiger partial charge is 0.381 e. The lowest BCUT2D eigenvalue weighted by Gasteiger charge is -2.44. The first-order valence-electron chi connectivity index (χ1n) is 5.45. The van der Waals surface area contributed by atoms with E-state index in [1.165, 1.54) is 25.3 Å². The molecule has 0 aromatic rings. The first-order chi connectivity index (χ1) is 7.24. The topological polar surface area (TPSA) is 38.3 Å². The Morgan fingerprint density at radius 3 is 3.07 bits per heavy atom. The molecule has 1 amide bonds. The Kier molecular flexibility index (Phi) is 2.94. The second-order valence-electron chi connectivity index (χ2n) is 4.67. The minimum atomic E-state index is -0.0892. The molecule has 1 N–H and O–H groups in total. The van der Waals surface area contributed by atoms with Crippen molar-refractivity contribution in [2.24, 2.45) is 11.3 Å². The van der Waals surface area contributed by atoms with Crippen molar-refractivity contribution in [2.45, 2.75) is 19.3 Å². The van der Waals surface area contributed by atoms with Crippen LogP contribution < -0.4 is 5.32 Å². The Morgan fingerprint density at radius 1 is 1.67 bits per heavy atom. The highest BCUT2D eigenvalue weighted by atomic mass is 16.5. The van der Waals surface area contributed by atoms with Crippen molar-refractivity contribution in [3.63, 3.8) is 0 Å². The molecule has 1 aliphatic heterocycles. The van der Waals surface area contributed by atoms with E-state index in [-0.39, 0.29) is 5.91 Å². The van der Waals surface area contributed by atoms with E-state index in [9.17, 15) is 4.79 Å². The smallest absolute Gasteiger partial charge is 0.251 e. The van der Waals surface area contributed by atoms with Gasteiger partial charge < -0.3 is 10.1 Å². The highest BCUT2D eigenvalue weighted by molar-refractivity contribution is 5.87. The van der Waals surface area contributed by atoms with Crippen LogP contribution in [0.5, 0.6) is 0 Å². The van der Waals surface area contributed by atoms with Gasteiger partial charge in [-0.3, -0.25) is 4.79 Å². The molecule has 1 heterocycles. The molecule has 0 radical (unpaired) electrons. The van der Waals surface area contributed by atoms with E-state index in [4.69, 9.17) is 4.74 Å². The monoisotopic (exact) mass is 207 g/mol. The van der Waals surface area contributed by atoms with Crippen molar-refractivity contribution in [1.82, 2.24) is 5.32 Å². The Morgan fingerprint density at radius 2 is 2.47 bits per heavy atom. The van der Waals surface area contributed by atoms with Crippen LogP contribution in [0.25, 0.3) is 0 Å². The number of carbonyl (C=O) groups is 1. The van der Waals surface area contributed by atoms with E-state index in [0.29, 0.717) is 11.3 Å². The zero-order valence-electron chi connectivity index (χ0n) is 8.92. The fourth-order valence-corrected chi connectivity index (χ4v) is 2.67. The third-order valence-electron chi connectivity index (χ3n) is 3.43. The lowest BCUT2D eigenvalue weighted by Crippen LogP contribution is -2.43. The average molecular weight is 207 g/mol. The Balaban J connectivity index is 1.67. The van der Waals surface area contributed by atoms with Crippen molar-refractivity contribution < 1.29 is 9.53 Å². The van der Waals surface area contributed by atoms with Gasteiger partial charge in [-0.25, -0.2) is 0 Å². The standard InChI is InChI=1S/C12H17NO2/c1-2-3-11(14)13-8-10-6-12(7-10)4-5-15-9-12/h3,10H,1,4-9H2,(H,13,14). The summed E-state index contributed by atoms with van der Waals surface area (Å²) in [6.45, 7) is 5.97. The van der Waals surface area contributed by atoms with Gasteiger partial charge in [0.25, 0.3) is 5.91 Å². The molecule has 0 aromatic carbocycles. The third kappa shape index (κ3) is 2.31. The zero-order valence-corrected chi connectivity index (χ0v) is 8.92. The van der Waals surface area contributed by atoms with Crippen LogP contribution >= 0.6 is 0 Å². The molecule has 0 atom stereocenters. The molecule has 0 bridgehead atoms. The predicted octanol–water partition coefficient (Wildman–Crippen LogP) is 1.26. The van der Waals surface area contributed by atoms with Gasteiger partial charge >= 0.3 is 0 Å². The second-order valence-corrected chi connectivity index (χ2v) is 4.67. The summed E-state index contributed by atoms with van der Waals surface area (Å²) < 4.78 is 5.40. The van der Waals surface area contributed by atoms with E-state index in [1.807, 2.05) is 0 Å². The SMILES string of the molecule is C=C=CC(=O)NCC1CC2(CCOC2)C1. The van der Waals surface area contributed by atoms with Gasteiger partial charge in [-0.1, -0.05) is 6.58 Å². The van der Waals surface area contributed by atoms with E-state index < -0.39 is 0 Å². The molecular weight excluding hydrogens is 190 g/mol. The fraction of sp³-hybridized carbons (Fsp3) is 0.667. The fourth-order valence-electron chi connectivity index (χ4n) is 2.67. The third-order valence-corrected chi connectivity index (χ3v) is 3.43. The summed E-state index contributed by atoms with van der Waals surface area (Å²) in [7, 11) is 0. The summed E-state index contributed by atoms with van der Waals surface area (Å²) >= 11 is 0. The van der Waals surface area contributed by atoms with Crippen molar-refractivity contribution in [2.75, 3.05) is 19.8 Å². The number of hydrogen-bond acceptors (Lipinski definition) is 2. The van der Waals surface area contributed by atoms with Crippen LogP contribution in [0.15, 0.2) is 18.4 Å². The zero-order chi connectivity index (χ0) is 10.7.